The first-order chi connectivity index (χ1) is 10.9. The van der Waals surface area contributed by atoms with E-state index in [1.165, 1.54) is 16.0 Å². The predicted molar refractivity (Wildman–Crippen MR) is 82.6 cm³/mol. The van der Waals surface area contributed by atoms with Crippen molar-refractivity contribution in [3.8, 4) is 10.6 Å². The maximum atomic E-state index is 13.6. The van der Waals surface area contributed by atoms with Gasteiger partial charge in [0.05, 0.1) is 16.5 Å². The number of carbonyl (C=O) groups is 1. The molecule has 1 fully saturated rings. The van der Waals surface area contributed by atoms with E-state index < -0.39 is 24.0 Å². The van der Waals surface area contributed by atoms with E-state index in [2.05, 4.69) is 10.4 Å². The first-order valence-corrected chi connectivity index (χ1v) is 8.21. The highest BCUT2D eigenvalue weighted by atomic mass is 32.1. The molecule has 2 aromatic heterocycles. The number of nitrogens with one attached hydrogen (secondary N) is 1. The number of aliphatic hydroxyl groups is 1. The number of nitrogens with zero attached hydrogens (tertiary/aromatic N) is 2. The Bertz CT molecular complexity index is 700. The summed E-state index contributed by atoms with van der Waals surface area (Å²) in [5.74, 6) is -3.66. The number of aryl methyl sites for hydroxylation is 1. The van der Waals surface area contributed by atoms with E-state index in [-0.39, 0.29) is 12.8 Å². The molecule has 1 saturated carbocycles. The standard InChI is InChI=1S/C15H17F2N3O2S/c1-20-8-9(12(19-20)11-5-3-7-23-11)14(22)18-10-4-2-6-15(16,17)13(10)21/h3,5,7-8,10,13,21H,2,4,6H2,1H3,(H,18,22)/t10-,13+/m1/s1. The van der Waals surface area contributed by atoms with Crippen LogP contribution in [0.2, 0.25) is 0 Å². The number of carbonyl (C=O) groups excluding carboxylic acids is 1. The highest BCUT2D eigenvalue weighted by Crippen LogP contribution is 2.34. The summed E-state index contributed by atoms with van der Waals surface area (Å²) in [5.41, 5.74) is 0.827. The zero-order chi connectivity index (χ0) is 16.6. The number of thiophene rings is 1. The molecule has 2 atom stereocenters. The van der Waals surface area contributed by atoms with Crippen LogP contribution in [0.3, 0.4) is 0 Å². The normalized spacial score (nSPS) is 23.7. The van der Waals surface area contributed by atoms with E-state index in [9.17, 15) is 18.7 Å². The number of rotatable bonds is 3. The molecule has 0 saturated heterocycles. The smallest absolute Gasteiger partial charge is 0.275 e. The van der Waals surface area contributed by atoms with Crippen molar-refractivity contribution in [2.24, 2.45) is 7.05 Å². The molecule has 0 spiro atoms. The molecular formula is C15H17F2N3O2S. The fourth-order valence-corrected chi connectivity index (χ4v) is 3.53. The first-order valence-electron chi connectivity index (χ1n) is 7.33. The van der Waals surface area contributed by atoms with Gasteiger partial charge in [0, 0.05) is 19.7 Å². The summed E-state index contributed by atoms with van der Waals surface area (Å²) in [7, 11) is 1.69. The van der Waals surface area contributed by atoms with Crippen LogP contribution in [-0.4, -0.2) is 38.9 Å². The lowest BCUT2D eigenvalue weighted by atomic mass is 9.89. The minimum absolute atomic E-state index is 0.264. The molecule has 1 aliphatic carbocycles. The van der Waals surface area contributed by atoms with Crippen molar-refractivity contribution in [1.29, 1.82) is 0 Å². The number of halogens is 2. The van der Waals surface area contributed by atoms with Crippen LogP contribution in [0, 0.1) is 0 Å². The van der Waals surface area contributed by atoms with Gasteiger partial charge in [0.25, 0.3) is 11.8 Å². The molecule has 8 heteroatoms. The number of amides is 1. The molecule has 0 unspecified atom stereocenters. The van der Waals surface area contributed by atoms with Crippen LogP contribution in [0.5, 0.6) is 0 Å². The Morgan fingerprint density at radius 1 is 1.57 bits per heavy atom. The van der Waals surface area contributed by atoms with Crippen molar-refractivity contribution in [1.82, 2.24) is 15.1 Å². The van der Waals surface area contributed by atoms with Crippen LogP contribution in [0.4, 0.5) is 8.78 Å². The molecule has 1 amide bonds. The summed E-state index contributed by atoms with van der Waals surface area (Å²) in [6, 6.07) is 2.73. The van der Waals surface area contributed by atoms with E-state index in [1.807, 2.05) is 17.5 Å². The van der Waals surface area contributed by atoms with E-state index in [1.54, 1.807) is 13.2 Å². The van der Waals surface area contributed by atoms with E-state index in [0.717, 1.165) is 4.88 Å². The van der Waals surface area contributed by atoms with E-state index >= 15 is 0 Å². The Labute approximate surface area is 135 Å². The average Bonchev–Trinajstić information content (AvgIpc) is 3.12. The number of alkyl halides is 2. The fourth-order valence-electron chi connectivity index (χ4n) is 2.80. The molecule has 0 aromatic carbocycles. The van der Waals surface area contributed by atoms with E-state index in [4.69, 9.17) is 0 Å². The molecule has 124 valence electrons. The second-order valence-corrected chi connectivity index (χ2v) is 6.67. The van der Waals surface area contributed by atoms with Gasteiger partial charge in [-0.05, 0) is 24.3 Å². The third-order valence-electron chi connectivity index (χ3n) is 3.98. The molecular weight excluding hydrogens is 324 g/mol. The SMILES string of the molecule is Cn1cc(C(=O)N[C@@H]2CCCC(F)(F)[C@H]2O)c(-c2cccs2)n1. The van der Waals surface area contributed by atoms with Crippen LogP contribution in [0.1, 0.15) is 29.6 Å². The summed E-state index contributed by atoms with van der Waals surface area (Å²) >= 11 is 1.44. The topological polar surface area (TPSA) is 67.2 Å². The Kier molecular flexibility index (Phi) is 4.20. The number of hydrogen-bond acceptors (Lipinski definition) is 4. The maximum absolute atomic E-state index is 13.6. The van der Waals surface area contributed by atoms with Crippen LogP contribution < -0.4 is 5.32 Å². The van der Waals surface area contributed by atoms with Crippen molar-refractivity contribution in [3.63, 3.8) is 0 Å². The Hall–Kier alpha value is -1.80. The summed E-state index contributed by atoms with van der Waals surface area (Å²) in [6.07, 6.45) is -0.0650. The van der Waals surface area contributed by atoms with Crippen molar-refractivity contribution in [3.05, 3.63) is 29.3 Å². The third kappa shape index (κ3) is 3.13. The molecule has 2 aromatic rings. The molecule has 0 radical (unpaired) electrons. The molecule has 0 aliphatic heterocycles. The van der Waals surface area contributed by atoms with Gasteiger partial charge in [0.2, 0.25) is 0 Å². The molecule has 2 N–H and O–H groups in total. The molecule has 0 bridgehead atoms. The van der Waals surface area contributed by atoms with Crippen molar-refractivity contribution >= 4 is 17.2 Å². The van der Waals surface area contributed by atoms with Crippen molar-refractivity contribution < 1.29 is 18.7 Å². The lowest BCUT2D eigenvalue weighted by molar-refractivity contribution is -0.141. The van der Waals surface area contributed by atoms with Gasteiger partial charge in [0.1, 0.15) is 11.8 Å². The Balaban J connectivity index is 1.82. The van der Waals surface area contributed by atoms with Crippen LogP contribution in [0.25, 0.3) is 10.6 Å². The third-order valence-corrected chi connectivity index (χ3v) is 4.86. The summed E-state index contributed by atoms with van der Waals surface area (Å²) < 4.78 is 28.7. The zero-order valence-corrected chi connectivity index (χ0v) is 13.3. The Morgan fingerprint density at radius 2 is 2.35 bits per heavy atom. The lowest BCUT2D eigenvalue weighted by Gasteiger charge is -2.34. The number of aromatic nitrogens is 2. The summed E-state index contributed by atoms with van der Waals surface area (Å²) in [5, 5.41) is 18.4. The molecule has 3 rings (SSSR count). The van der Waals surface area contributed by atoms with Crippen LogP contribution in [0.15, 0.2) is 23.7 Å². The highest BCUT2D eigenvalue weighted by Gasteiger charge is 2.46. The predicted octanol–water partition coefficient (Wildman–Crippen LogP) is 2.43. The van der Waals surface area contributed by atoms with Crippen LogP contribution in [-0.2, 0) is 7.05 Å². The van der Waals surface area contributed by atoms with Gasteiger partial charge in [0.15, 0.2) is 0 Å². The fraction of sp³-hybridized carbons (Fsp3) is 0.467. The van der Waals surface area contributed by atoms with E-state index in [0.29, 0.717) is 17.7 Å². The maximum Gasteiger partial charge on any atom is 0.275 e. The molecule has 5 nitrogen and oxygen atoms in total. The quantitative estimate of drug-likeness (QED) is 0.901. The van der Waals surface area contributed by atoms with Crippen molar-refractivity contribution in [2.45, 2.75) is 37.3 Å². The summed E-state index contributed by atoms with van der Waals surface area (Å²) in [4.78, 5) is 13.3. The highest BCUT2D eigenvalue weighted by molar-refractivity contribution is 7.13. The van der Waals surface area contributed by atoms with Gasteiger partial charge in [-0.25, -0.2) is 8.78 Å². The van der Waals surface area contributed by atoms with Gasteiger partial charge < -0.3 is 10.4 Å². The van der Waals surface area contributed by atoms with Crippen LogP contribution >= 0.6 is 11.3 Å². The van der Waals surface area contributed by atoms with Gasteiger partial charge in [-0.3, -0.25) is 9.48 Å². The minimum Gasteiger partial charge on any atom is -0.385 e. The molecule has 23 heavy (non-hydrogen) atoms. The van der Waals surface area contributed by atoms with Gasteiger partial charge >= 0.3 is 0 Å². The lowest BCUT2D eigenvalue weighted by Crippen LogP contribution is -2.54. The first kappa shape index (κ1) is 16.1. The number of aliphatic hydroxyl groups excluding tert-OH is 1. The van der Waals surface area contributed by atoms with Crippen molar-refractivity contribution in [2.75, 3.05) is 0 Å². The zero-order valence-electron chi connectivity index (χ0n) is 12.5. The monoisotopic (exact) mass is 341 g/mol. The Morgan fingerprint density at radius 3 is 3.04 bits per heavy atom. The molecule has 2 heterocycles. The van der Waals surface area contributed by atoms with Gasteiger partial charge in [-0.2, -0.15) is 5.10 Å². The van der Waals surface area contributed by atoms with Gasteiger partial charge in [-0.1, -0.05) is 6.07 Å². The molecule has 1 aliphatic rings. The minimum atomic E-state index is -3.16. The average molecular weight is 341 g/mol. The summed E-state index contributed by atoms with van der Waals surface area (Å²) in [6.45, 7) is 0. The largest absolute Gasteiger partial charge is 0.385 e. The van der Waals surface area contributed by atoms with Gasteiger partial charge in [-0.15, -0.1) is 11.3 Å². The second-order valence-electron chi connectivity index (χ2n) is 5.72. The number of hydrogen-bond donors (Lipinski definition) is 2. The second kappa shape index (κ2) is 6.01.